The third-order valence-corrected chi connectivity index (χ3v) is 2.00. The maximum atomic E-state index is 5.78. The standard InChI is InChI=1S/C10H8ClN2/c11-9-1-3-10(4-2-9)13-7-5-12-6-8-13/h1-8H/q+1. The summed E-state index contributed by atoms with van der Waals surface area (Å²) in [6.45, 7) is 0. The second kappa shape index (κ2) is 3.54. The number of hydrogen-bond acceptors (Lipinski definition) is 1. The van der Waals surface area contributed by atoms with Crippen LogP contribution in [0.4, 0.5) is 0 Å². The second-order valence-electron chi connectivity index (χ2n) is 2.63. The van der Waals surface area contributed by atoms with E-state index in [2.05, 4.69) is 4.98 Å². The molecular formula is C10H8ClN2+. The van der Waals surface area contributed by atoms with Gasteiger partial charge in [0.1, 0.15) is 0 Å². The average Bonchev–Trinajstić information content (AvgIpc) is 2.20. The molecule has 2 aromatic rings. The van der Waals surface area contributed by atoms with Crippen LogP contribution >= 0.6 is 11.6 Å². The summed E-state index contributed by atoms with van der Waals surface area (Å²) in [5.74, 6) is 0. The monoisotopic (exact) mass is 191 g/mol. The number of nitrogens with zero attached hydrogens (tertiary/aromatic N) is 2. The predicted molar refractivity (Wildman–Crippen MR) is 50.8 cm³/mol. The van der Waals surface area contributed by atoms with Gasteiger partial charge < -0.3 is 0 Å². The van der Waals surface area contributed by atoms with Crippen LogP contribution in [0.2, 0.25) is 5.02 Å². The summed E-state index contributed by atoms with van der Waals surface area (Å²) < 4.78 is 1.98. The number of benzene rings is 1. The Labute approximate surface area is 81.4 Å². The maximum Gasteiger partial charge on any atom is 0.210 e. The van der Waals surface area contributed by atoms with Crippen molar-refractivity contribution in [1.82, 2.24) is 4.98 Å². The van der Waals surface area contributed by atoms with E-state index in [1.807, 2.05) is 41.2 Å². The lowest BCUT2D eigenvalue weighted by Crippen LogP contribution is -2.29. The first kappa shape index (κ1) is 8.20. The third-order valence-electron chi connectivity index (χ3n) is 1.75. The Hall–Kier alpha value is -1.41. The van der Waals surface area contributed by atoms with Gasteiger partial charge >= 0.3 is 0 Å². The molecule has 3 heteroatoms. The van der Waals surface area contributed by atoms with Crippen LogP contribution in [-0.4, -0.2) is 4.98 Å². The van der Waals surface area contributed by atoms with Crippen LogP contribution in [-0.2, 0) is 0 Å². The molecule has 64 valence electrons. The van der Waals surface area contributed by atoms with Gasteiger partial charge in [-0.1, -0.05) is 11.6 Å². The highest BCUT2D eigenvalue weighted by molar-refractivity contribution is 6.30. The van der Waals surface area contributed by atoms with Gasteiger partial charge in [-0.3, -0.25) is 4.98 Å². The zero-order chi connectivity index (χ0) is 9.10. The van der Waals surface area contributed by atoms with Gasteiger partial charge in [-0.05, 0) is 12.1 Å². The van der Waals surface area contributed by atoms with Crippen molar-refractivity contribution in [1.29, 1.82) is 0 Å². The molecule has 0 saturated heterocycles. The Morgan fingerprint density at radius 2 is 1.62 bits per heavy atom. The van der Waals surface area contributed by atoms with Gasteiger partial charge in [0.25, 0.3) is 0 Å². The molecule has 13 heavy (non-hydrogen) atoms. The van der Waals surface area contributed by atoms with Crippen molar-refractivity contribution >= 4 is 11.6 Å². The first-order valence-corrected chi connectivity index (χ1v) is 4.31. The fourth-order valence-electron chi connectivity index (χ4n) is 1.11. The minimum atomic E-state index is 0.749. The van der Waals surface area contributed by atoms with E-state index in [-0.39, 0.29) is 0 Å². The summed E-state index contributed by atoms with van der Waals surface area (Å²) in [5.41, 5.74) is 1.08. The Balaban J connectivity index is 2.42. The van der Waals surface area contributed by atoms with Crippen molar-refractivity contribution in [2.24, 2.45) is 0 Å². The van der Waals surface area contributed by atoms with Gasteiger partial charge in [0.15, 0.2) is 12.4 Å². The molecule has 2 rings (SSSR count). The molecule has 1 heterocycles. The number of halogens is 1. The summed E-state index contributed by atoms with van der Waals surface area (Å²) in [5, 5.41) is 0.749. The molecule has 1 aromatic carbocycles. The molecule has 0 radical (unpaired) electrons. The highest BCUT2D eigenvalue weighted by atomic mass is 35.5. The molecule has 0 N–H and O–H groups in total. The van der Waals surface area contributed by atoms with E-state index >= 15 is 0 Å². The van der Waals surface area contributed by atoms with Crippen molar-refractivity contribution in [2.75, 3.05) is 0 Å². The molecule has 0 spiro atoms. The van der Waals surface area contributed by atoms with Crippen molar-refractivity contribution in [3.8, 4) is 5.69 Å². The van der Waals surface area contributed by atoms with Crippen molar-refractivity contribution in [2.45, 2.75) is 0 Å². The van der Waals surface area contributed by atoms with Crippen LogP contribution in [0, 0.1) is 0 Å². The van der Waals surface area contributed by atoms with Gasteiger partial charge in [0, 0.05) is 17.2 Å². The minimum Gasteiger partial charge on any atom is -0.252 e. The first-order chi connectivity index (χ1) is 6.36. The van der Waals surface area contributed by atoms with Crippen molar-refractivity contribution < 1.29 is 4.57 Å². The molecule has 0 amide bonds. The maximum absolute atomic E-state index is 5.78. The number of rotatable bonds is 1. The average molecular weight is 192 g/mol. The van der Waals surface area contributed by atoms with Crippen LogP contribution in [0.25, 0.3) is 5.69 Å². The first-order valence-electron chi connectivity index (χ1n) is 3.93. The van der Waals surface area contributed by atoms with Crippen LogP contribution in [0.1, 0.15) is 0 Å². The van der Waals surface area contributed by atoms with E-state index in [0.29, 0.717) is 0 Å². The lowest BCUT2D eigenvalue weighted by Gasteiger charge is -1.93. The summed E-state index contributed by atoms with van der Waals surface area (Å²) in [6.07, 6.45) is 7.27. The molecule has 0 saturated carbocycles. The molecule has 0 bridgehead atoms. The molecule has 0 aliphatic heterocycles. The van der Waals surface area contributed by atoms with Gasteiger partial charge in [-0.25, -0.2) is 0 Å². The summed E-state index contributed by atoms with van der Waals surface area (Å²) in [4.78, 5) is 3.94. The predicted octanol–water partition coefficient (Wildman–Crippen LogP) is 2.01. The van der Waals surface area contributed by atoms with E-state index in [1.165, 1.54) is 0 Å². The second-order valence-corrected chi connectivity index (χ2v) is 3.07. The topological polar surface area (TPSA) is 16.8 Å². The third kappa shape index (κ3) is 1.84. The van der Waals surface area contributed by atoms with E-state index in [4.69, 9.17) is 11.6 Å². The SMILES string of the molecule is Clc1ccc(-[n+]2ccncc2)cc1. The summed E-state index contributed by atoms with van der Waals surface area (Å²) in [6, 6.07) is 7.65. The van der Waals surface area contributed by atoms with Gasteiger partial charge in [0.2, 0.25) is 5.69 Å². The Morgan fingerprint density at radius 3 is 2.23 bits per heavy atom. The fourth-order valence-corrected chi connectivity index (χ4v) is 1.23. The zero-order valence-electron chi connectivity index (χ0n) is 6.89. The quantitative estimate of drug-likeness (QED) is 0.631. The Kier molecular flexibility index (Phi) is 2.23. The molecule has 0 aliphatic rings. The summed E-state index contributed by atoms with van der Waals surface area (Å²) in [7, 11) is 0. The van der Waals surface area contributed by atoms with Crippen molar-refractivity contribution in [3.63, 3.8) is 0 Å². The van der Waals surface area contributed by atoms with Crippen LogP contribution in [0.15, 0.2) is 49.1 Å². The Morgan fingerprint density at radius 1 is 1.00 bits per heavy atom. The van der Waals surface area contributed by atoms with Crippen LogP contribution in [0.5, 0.6) is 0 Å². The normalized spacial score (nSPS) is 9.92. The molecule has 0 fully saturated rings. The lowest BCUT2D eigenvalue weighted by molar-refractivity contribution is -0.596. The zero-order valence-corrected chi connectivity index (χ0v) is 7.65. The molecule has 0 atom stereocenters. The summed E-state index contributed by atoms with van der Waals surface area (Å²) >= 11 is 5.78. The van der Waals surface area contributed by atoms with Gasteiger partial charge in [-0.2, -0.15) is 4.57 Å². The largest absolute Gasteiger partial charge is 0.252 e. The molecule has 0 unspecified atom stereocenters. The number of aromatic nitrogens is 2. The number of hydrogen-bond donors (Lipinski definition) is 0. The highest BCUT2D eigenvalue weighted by Gasteiger charge is 2.02. The molecule has 0 aliphatic carbocycles. The molecule has 1 aromatic heterocycles. The van der Waals surface area contributed by atoms with E-state index in [1.54, 1.807) is 12.4 Å². The highest BCUT2D eigenvalue weighted by Crippen LogP contribution is 2.08. The van der Waals surface area contributed by atoms with Gasteiger partial charge in [0.05, 0.1) is 12.4 Å². The van der Waals surface area contributed by atoms with E-state index < -0.39 is 0 Å². The van der Waals surface area contributed by atoms with Crippen LogP contribution in [0.3, 0.4) is 0 Å². The smallest absolute Gasteiger partial charge is 0.210 e. The van der Waals surface area contributed by atoms with E-state index in [0.717, 1.165) is 10.7 Å². The van der Waals surface area contributed by atoms with Crippen LogP contribution < -0.4 is 4.57 Å². The lowest BCUT2D eigenvalue weighted by atomic mass is 10.3. The minimum absolute atomic E-state index is 0.749. The van der Waals surface area contributed by atoms with Gasteiger partial charge in [-0.15, -0.1) is 0 Å². The Bertz CT molecular complexity index is 383. The van der Waals surface area contributed by atoms with E-state index in [9.17, 15) is 0 Å². The van der Waals surface area contributed by atoms with Crippen molar-refractivity contribution in [3.05, 3.63) is 54.1 Å². The molecular weight excluding hydrogens is 184 g/mol. The molecule has 2 nitrogen and oxygen atoms in total. The fraction of sp³-hybridized carbons (Fsp3) is 0.